The molecule has 0 saturated carbocycles. The highest BCUT2D eigenvalue weighted by Gasteiger charge is 2.33. The Labute approximate surface area is 94.5 Å². The van der Waals surface area contributed by atoms with Crippen LogP contribution in [-0.2, 0) is 6.18 Å². The molecule has 0 fully saturated rings. The van der Waals surface area contributed by atoms with E-state index >= 15 is 0 Å². The molecule has 0 amide bonds. The van der Waals surface area contributed by atoms with E-state index in [0.29, 0.717) is 6.07 Å². The van der Waals surface area contributed by atoms with Crippen LogP contribution < -0.4 is 5.32 Å². The Hall–Kier alpha value is -2.23. The molecule has 1 heterocycles. The molecule has 0 unspecified atom stereocenters. The summed E-state index contributed by atoms with van der Waals surface area (Å²) in [5.74, 6) is 0.334. The summed E-state index contributed by atoms with van der Waals surface area (Å²) in [6.45, 7) is -0.116. The number of nitrogens with one attached hydrogen (secondary N) is 1. The lowest BCUT2D eigenvalue weighted by Crippen LogP contribution is -2.14. The Morgan fingerprint density at radius 3 is 2.65 bits per heavy atom. The van der Waals surface area contributed by atoms with Gasteiger partial charge in [0.15, 0.2) is 0 Å². The van der Waals surface area contributed by atoms with Crippen LogP contribution in [-0.4, -0.2) is 22.6 Å². The van der Waals surface area contributed by atoms with Crippen LogP contribution in [0.3, 0.4) is 0 Å². The fourth-order valence-corrected chi connectivity index (χ4v) is 1.06. The highest BCUT2D eigenvalue weighted by Crippen LogP contribution is 2.29. The second-order valence-electron chi connectivity index (χ2n) is 2.95. The zero-order valence-electron chi connectivity index (χ0n) is 8.38. The molecule has 0 aliphatic rings. The summed E-state index contributed by atoms with van der Waals surface area (Å²) in [6, 6.07) is 1.43. The first-order valence-corrected chi connectivity index (χ1v) is 4.35. The third-order valence-electron chi connectivity index (χ3n) is 1.77. The number of pyridine rings is 1. The molecule has 0 aliphatic heterocycles. The zero-order chi connectivity index (χ0) is 13.1. The van der Waals surface area contributed by atoms with E-state index < -0.39 is 23.7 Å². The van der Waals surface area contributed by atoms with Gasteiger partial charge in [0, 0.05) is 0 Å². The van der Waals surface area contributed by atoms with Crippen LogP contribution in [0.15, 0.2) is 12.1 Å². The van der Waals surface area contributed by atoms with Gasteiger partial charge in [0.2, 0.25) is 0 Å². The number of alkyl halides is 3. The van der Waals surface area contributed by atoms with Gasteiger partial charge in [0.05, 0.1) is 6.54 Å². The summed E-state index contributed by atoms with van der Waals surface area (Å²) >= 11 is 0. The van der Waals surface area contributed by atoms with Gasteiger partial charge < -0.3 is 10.4 Å². The van der Waals surface area contributed by atoms with Gasteiger partial charge in [0.1, 0.15) is 17.1 Å². The number of carboxylic acids is 1. The lowest BCUT2D eigenvalue weighted by Gasteiger charge is -2.10. The molecule has 1 rings (SSSR count). The quantitative estimate of drug-likeness (QED) is 0.796. The maximum absolute atomic E-state index is 12.3. The number of hydrogen-bond donors (Lipinski definition) is 2. The maximum Gasteiger partial charge on any atom is 0.433 e. The van der Waals surface area contributed by atoms with Crippen molar-refractivity contribution in [2.75, 3.05) is 11.9 Å². The summed E-state index contributed by atoms with van der Waals surface area (Å²) < 4.78 is 37.0. The van der Waals surface area contributed by atoms with Gasteiger partial charge in [0.25, 0.3) is 0 Å². The van der Waals surface area contributed by atoms with E-state index in [-0.39, 0.29) is 12.1 Å². The molecule has 17 heavy (non-hydrogen) atoms. The Morgan fingerprint density at radius 1 is 1.53 bits per heavy atom. The van der Waals surface area contributed by atoms with Gasteiger partial charge in [-0.15, -0.1) is 6.42 Å². The Kier molecular flexibility index (Phi) is 3.58. The SMILES string of the molecule is C#CCNc1nc(C(F)(F)F)ccc1C(=O)O. The number of hydrogen-bond acceptors (Lipinski definition) is 3. The lowest BCUT2D eigenvalue weighted by molar-refractivity contribution is -0.141. The number of terminal acetylenes is 1. The van der Waals surface area contributed by atoms with Gasteiger partial charge >= 0.3 is 12.1 Å². The number of carboxylic acid groups (broad SMARTS) is 1. The monoisotopic (exact) mass is 244 g/mol. The van der Waals surface area contributed by atoms with Crippen LogP contribution in [0.1, 0.15) is 16.1 Å². The second kappa shape index (κ2) is 4.74. The third kappa shape index (κ3) is 3.11. The summed E-state index contributed by atoms with van der Waals surface area (Å²) in [7, 11) is 0. The van der Waals surface area contributed by atoms with Gasteiger partial charge in [-0.2, -0.15) is 13.2 Å². The van der Waals surface area contributed by atoms with E-state index in [4.69, 9.17) is 11.5 Å². The highest BCUT2D eigenvalue weighted by molar-refractivity contribution is 5.93. The Bertz CT molecular complexity index is 477. The number of aromatic nitrogens is 1. The first-order valence-electron chi connectivity index (χ1n) is 4.35. The minimum absolute atomic E-state index is 0.116. The Morgan fingerprint density at radius 2 is 2.18 bits per heavy atom. The predicted octanol–water partition coefficient (Wildman–Crippen LogP) is 1.84. The van der Waals surface area contributed by atoms with E-state index in [1.165, 1.54) is 0 Å². The number of rotatable bonds is 3. The van der Waals surface area contributed by atoms with Gasteiger partial charge in [-0.1, -0.05) is 5.92 Å². The van der Waals surface area contributed by atoms with Crippen LogP contribution in [0.5, 0.6) is 0 Å². The van der Waals surface area contributed by atoms with Crippen LogP contribution in [0.25, 0.3) is 0 Å². The number of anilines is 1. The average molecular weight is 244 g/mol. The largest absolute Gasteiger partial charge is 0.478 e. The number of aromatic carboxylic acids is 1. The predicted molar refractivity (Wildman–Crippen MR) is 53.5 cm³/mol. The molecular weight excluding hydrogens is 237 g/mol. The Balaban J connectivity index is 3.20. The molecule has 0 saturated heterocycles. The van der Waals surface area contributed by atoms with Crippen LogP contribution in [0.4, 0.5) is 19.0 Å². The standard InChI is InChI=1S/C10H7F3N2O2/c1-2-5-14-8-6(9(16)17)3-4-7(15-8)10(11,12)13/h1,3-4H,5H2,(H,14,15)(H,16,17). The van der Waals surface area contributed by atoms with Gasteiger partial charge in [-0.05, 0) is 12.1 Å². The summed E-state index contributed by atoms with van der Waals surface area (Å²) in [5, 5.41) is 11.1. The van der Waals surface area contributed by atoms with Crippen molar-refractivity contribution in [3.05, 3.63) is 23.4 Å². The van der Waals surface area contributed by atoms with E-state index in [9.17, 15) is 18.0 Å². The fourth-order valence-electron chi connectivity index (χ4n) is 1.06. The average Bonchev–Trinajstić information content (AvgIpc) is 2.24. The van der Waals surface area contributed by atoms with Crippen LogP contribution in [0, 0.1) is 12.3 Å². The molecule has 2 N–H and O–H groups in total. The molecule has 7 heteroatoms. The highest BCUT2D eigenvalue weighted by atomic mass is 19.4. The summed E-state index contributed by atoms with van der Waals surface area (Å²) in [6.07, 6.45) is 0.281. The smallest absolute Gasteiger partial charge is 0.433 e. The normalized spacial score (nSPS) is 10.7. The first-order chi connectivity index (χ1) is 7.86. The fraction of sp³-hybridized carbons (Fsp3) is 0.200. The van der Waals surface area contributed by atoms with Crippen molar-refractivity contribution in [2.24, 2.45) is 0 Å². The van der Waals surface area contributed by atoms with Crippen molar-refractivity contribution in [1.82, 2.24) is 4.98 Å². The maximum atomic E-state index is 12.3. The second-order valence-corrected chi connectivity index (χ2v) is 2.95. The zero-order valence-corrected chi connectivity index (χ0v) is 8.38. The molecule has 90 valence electrons. The van der Waals surface area contributed by atoms with Crippen molar-refractivity contribution in [2.45, 2.75) is 6.18 Å². The number of halogens is 3. The van der Waals surface area contributed by atoms with E-state index in [1.807, 2.05) is 0 Å². The lowest BCUT2D eigenvalue weighted by atomic mass is 10.2. The topological polar surface area (TPSA) is 62.2 Å². The number of nitrogens with zero attached hydrogens (tertiary/aromatic N) is 1. The third-order valence-corrected chi connectivity index (χ3v) is 1.77. The van der Waals surface area contributed by atoms with Gasteiger partial charge in [-0.3, -0.25) is 0 Å². The van der Waals surface area contributed by atoms with Crippen LogP contribution in [0.2, 0.25) is 0 Å². The molecule has 0 atom stereocenters. The summed E-state index contributed by atoms with van der Waals surface area (Å²) in [4.78, 5) is 13.9. The molecular formula is C10H7F3N2O2. The molecule has 0 radical (unpaired) electrons. The van der Waals surface area contributed by atoms with Gasteiger partial charge in [-0.25, -0.2) is 9.78 Å². The molecule has 0 aliphatic carbocycles. The minimum Gasteiger partial charge on any atom is -0.478 e. The number of carbonyl (C=O) groups is 1. The van der Waals surface area contributed by atoms with Crippen LogP contribution >= 0.6 is 0 Å². The van der Waals surface area contributed by atoms with Crippen molar-refractivity contribution in [3.8, 4) is 12.3 Å². The van der Waals surface area contributed by atoms with Crippen molar-refractivity contribution < 1.29 is 23.1 Å². The molecule has 1 aromatic rings. The van der Waals surface area contributed by atoms with Crippen molar-refractivity contribution in [3.63, 3.8) is 0 Å². The minimum atomic E-state index is -4.64. The van der Waals surface area contributed by atoms with E-state index in [1.54, 1.807) is 0 Å². The first kappa shape index (κ1) is 12.8. The van der Waals surface area contributed by atoms with E-state index in [0.717, 1.165) is 6.07 Å². The molecule has 4 nitrogen and oxygen atoms in total. The molecule has 0 spiro atoms. The summed E-state index contributed by atoms with van der Waals surface area (Å²) in [5.41, 5.74) is -1.55. The molecule has 1 aromatic heterocycles. The molecule has 0 bridgehead atoms. The van der Waals surface area contributed by atoms with E-state index in [2.05, 4.69) is 16.2 Å². The molecule has 0 aromatic carbocycles. The van der Waals surface area contributed by atoms with Crippen molar-refractivity contribution in [1.29, 1.82) is 0 Å². The van der Waals surface area contributed by atoms with Crippen molar-refractivity contribution >= 4 is 11.8 Å².